The Balaban J connectivity index is 1.57. The highest BCUT2D eigenvalue weighted by Crippen LogP contribution is 2.38. The molecular formula is C21H11Cl2F3N2O2S. The first-order valence-electron chi connectivity index (χ1n) is 8.72. The largest absolute Gasteiger partial charge is 0.457 e. The molecule has 10 heteroatoms. The Kier molecular flexibility index (Phi) is 5.88. The van der Waals surface area contributed by atoms with E-state index in [1.165, 1.54) is 12.1 Å². The van der Waals surface area contributed by atoms with Crippen LogP contribution in [0.4, 0.5) is 18.9 Å². The van der Waals surface area contributed by atoms with Gasteiger partial charge in [0.1, 0.15) is 11.5 Å². The van der Waals surface area contributed by atoms with Crippen LogP contribution in [-0.2, 0) is 11.0 Å². The van der Waals surface area contributed by atoms with Crippen LogP contribution in [-0.4, -0.2) is 11.1 Å². The van der Waals surface area contributed by atoms with Gasteiger partial charge in [0.2, 0.25) is 0 Å². The average Bonchev–Trinajstić information content (AvgIpc) is 3.30. The third-order valence-electron chi connectivity index (χ3n) is 4.18. The highest BCUT2D eigenvalue weighted by Gasteiger charge is 2.33. The number of furan rings is 1. The summed E-state index contributed by atoms with van der Waals surface area (Å²) in [6.07, 6.45) is -3.09. The van der Waals surface area contributed by atoms with Gasteiger partial charge in [0.15, 0.2) is 5.17 Å². The van der Waals surface area contributed by atoms with Gasteiger partial charge in [0, 0.05) is 11.6 Å². The van der Waals surface area contributed by atoms with E-state index in [4.69, 9.17) is 27.6 Å². The van der Waals surface area contributed by atoms with E-state index in [-0.39, 0.29) is 15.8 Å². The first-order chi connectivity index (χ1) is 14.7. The molecule has 0 unspecified atom stereocenters. The molecule has 4 rings (SSSR count). The zero-order valence-electron chi connectivity index (χ0n) is 15.3. The standard InChI is InChI=1S/C21H11Cl2F3N2O2S/c22-15-4-2-1-3-13(15)17-8-6-12(30-17)10-18-19(29)28-20(31-18)27-11-5-7-16(23)14(9-11)21(24,25)26/h1-10H,(H,27,28,29)/b18-10+. The number of hydrogen-bond donors (Lipinski definition) is 1. The molecule has 2 heterocycles. The van der Waals surface area contributed by atoms with Crippen LogP contribution in [0.15, 0.2) is 68.9 Å². The summed E-state index contributed by atoms with van der Waals surface area (Å²) in [5.74, 6) is 0.514. The second kappa shape index (κ2) is 8.45. The van der Waals surface area contributed by atoms with E-state index in [0.717, 1.165) is 23.9 Å². The fourth-order valence-corrected chi connectivity index (χ4v) is 4.04. The number of nitrogens with one attached hydrogen (secondary N) is 1. The van der Waals surface area contributed by atoms with Crippen molar-refractivity contribution in [2.75, 3.05) is 0 Å². The molecule has 0 aliphatic carbocycles. The van der Waals surface area contributed by atoms with Crippen LogP contribution in [0.2, 0.25) is 10.0 Å². The summed E-state index contributed by atoms with van der Waals surface area (Å²) in [5.41, 5.74) is -0.272. The van der Waals surface area contributed by atoms with Crippen molar-refractivity contribution in [3.05, 3.63) is 80.9 Å². The average molecular weight is 483 g/mol. The van der Waals surface area contributed by atoms with Gasteiger partial charge in [-0.3, -0.25) is 4.79 Å². The fraction of sp³-hybridized carbons (Fsp3) is 0.0476. The van der Waals surface area contributed by atoms with Crippen molar-refractivity contribution in [2.24, 2.45) is 4.99 Å². The van der Waals surface area contributed by atoms with Crippen LogP contribution < -0.4 is 5.32 Å². The lowest BCUT2D eigenvalue weighted by Crippen LogP contribution is -2.19. The molecule has 1 fully saturated rings. The van der Waals surface area contributed by atoms with Gasteiger partial charge < -0.3 is 9.73 Å². The van der Waals surface area contributed by atoms with Gasteiger partial charge in [-0.25, -0.2) is 4.99 Å². The Morgan fingerprint density at radius 1 is 1.03 bits per heavy atom. The molecule has 1 amide bonds. The molecule has 0 bridgehead atoms. The van der Waals surface area contributed by atoms with Crippen LogP contribution in [0, 0.1) is 0 Å². The van der Waals surface area contributed by atoms with E-state index in [2.05, 4.69) is 10.3 Å². The molecule has 158 valence electrons. The number of hydrogen-bond acceptors (Lipinski definition) is 4. The molecule has 4 nitrogen and oxygen atoms in total. The van der Waals surface area contributed by atoms with Crippen molar-refractivity contribution in [2.45, 2.75) is 6.18 Å². The quantitative estimate of drug-likeness (QED) is 0.402. The van der Waals surface area contributed by atoms with Gasteiger partial charge in [-0.1, -0.05) is 35.3 Å². The molecule has 1 aliphatic rings. The molecule has 0 radical (unpaired) electrons. The highest BCUT2D eigenvalue weighted by molar-refractivity contribution is 8.18. The summed E-state index contributed by atoms with van der Waals surface area (Å²) in [4.78, 5) is 16.6. The number of carbonyl (C=O) groups excluding carboxylic acids is 1. The number of amides is 1. The van der Waals surface area contributed by atoms with E-state index >= 15 is 0 Å². The Bertz CT molecular complexity index is 1240. The molecule has 1 aliphatic heterocycles. The van der Waals surface area contributed by atoms with Crippen LogP contribution >= 0.6 is 35.0 Å². The predicted molar refractivity (Wildman–Crippen MR) is 116 cm³/mol. The van der Waals surface area contributed by atoms with Crippen LogP contribution in [0.1, 0.15) is 11.3 Å². The van der Waals surface area contributed by atoms with Crippen molar-refractivity contribution in [1.29, 1.82) is 0 Å². The van der Waals surface area contributed by atoms with E-state index in [1.54, 1.807) is 30.3 Å². The molecular weight excluding hydrogens is 472 g/mol. The number of nitrogens with zero attached hydrogens (tertiary/aromatic N) is 1. The molecule has 1 aromatic heterocycles. The van der Waals surface area contributed by atoms with E-state index < -0.39 is 22.7 Å². The molecule has 2 aromatic carbocycles. The number of carbonyl (C=O) groups is 1. The molecule has 1 N–H and O–H groups in total. The normalized spacial score (nSPS) is 16.9. The van der Waals surface area contributed by atoms with E-state index in [0.29, 0.717) is 22.1 Å². The van der Waals surface area contributed by atoms with Crippen molar-refractivity contribution >= 4 is 57.8 Å². The van der Waals surface area contributed by atoms with Gasteiger partial charge in [0.05, 0.1) is 26.2 Å². The lowest BCUT2D eigenvalue weighted by Gasteiger charge is -2.09. The van der Waals surface area contributed by atoms with Crippen LogP contribution in [0.3, 0.4) is 0 Å². The summed E-state index contributed by atoms with van der Waals surface area (Å²) in [6.45, 7) is 0. The number of alkyl halides is 3. The predicted octanol–water partition coefficient (Wildman–Crippen LogP) is 7.16. The third-order valence-corrected chi connectivity index (χ3v) is 5.75. The maximum atomic E-state index is 13.0. The first kappa shape index (κ1) is 21.5. The lowest BCUT2D eigenvalue weighted by molar-refractivity contribution is -0.137. The number of rotatable bonds is 3. The number of benzene rings is 2. The molecule has 0 spiro atoms. The molecule has 0 atom stereocenters. The fourth-order valence-electron chi connectivity index (χ4n) is 2.76. The summed E-state index contributed by atoms with van der Waals surface area (Å²) < 4.78 is 44.8. The molecule has 3 aromatic rings. The minimum atomic E-state index is -4.61. The summed E-state index contributed by atoms with van der Waals surface area (Å²) in [6, 6.07) is 13.9. The lowest BCUT2D eigenvalue weighted by atomic mass is 10.2. The summed E-state index contributed by atoms with van der Waals surface area (Å²) in [5, 5.41) is 2.77. The van der Waals surface area contributed by atoms with Gasteiger partial charge in [0.25, 0.3) is 5.91 Å². The number of aliphatic imine (C=N–C) groups is 1. The zero-order chi connectivity index (χ0) is 22.2. The van der Waals surface area contributed by atoms with Crippen LogP contribution in [0.25, 0.3) is 17.4 Å². The van der Waals surface area contributed by atoms with Crippen molar-refractivity contribution < 1.29 is 22.4 Å². The van der Waals surface area contributed by atoms with Gasteiger partial charge in [-0.15, -0.1) is 0 Å². The minimum Gasteiger partial charge on any atom is -0.457 e. The Labute approximate surface area is 188 Å². The summed E-state index contributed by atoms with van der Waals surface area (Å²) in [7, 11) is 0. The Morgan fingerprint density at radius 3 is 2.55 bits per heavy atom. The van der Waals surface area contributed by atoms with Gasteiger partial charge in [-0.05, 0) is 54.2 Å². The monoisotopic (exact) mass is 482 g/mol. The summed E-state index contributed by atoms with van der Waals surface area (Å²) >= 11 is 12.8. The SMILES string of the molecule is O=C1NC(=Nc2ccc(Cl)c(C(F)(F)F)c2)S/C1=C/c1ccc(-c2ccccc2Cl)o1. The maximum Gasteiger partial charge on any atom is 0.417 e. The second-order valence-electron chi connectivity index (χ2n) is 6.33. The third kappa shape index (κ3) is 4.81. The second-order valence-corrected chi connectivity index (χ2v) is 8.17. The van der Waals surface area contributed by atoms with Crippen molar-refractivity contribution in [3.8, 4) is 11.3 Å². The first-order valence-corrected chi connectivity index (χ1v) is 10.3. The maximum absolute atomic E-state index is 13.0. The Morgan fingerprint density at radius 2 is 1.81 bits per heavy atom. The number of thioether (sulfide) groups is 1. The van der Waals surface area contributed by atoms with Gasteiger partial charge >= 0.3 is 6.18 Å². The zero-order valence-corrected chi connectivity index (χ0v) is 17.7. The van der Waals surface area contributed by atoms with E-state index in [9.17, 15) is 18.0 Å². The van der Waals surface area contributed by atoms with Gasteiger partial charge in [-0.2, -0.15) is 13.2 Å². The smallest absolute Gasteiger partial charge is 0.417 e. The minimum absolute atomic E-state index is 0.0137. The van der Waals surface area contributed by atoms with Crippen molar-refractivity contribution in [3.63, 3.8) is 0 Å². The molecule has 31 heavy (non-hydrogen) atoms. The topological polar surface area (TPSA) is 54.6 Å². The number of amidine groups is 1. The molecule has 0 saturated carbocycles. The van der Waals surface area contributed by atoms with E-state index in [1.807, 2.05) is 6.07 Å². The van der Waals surface area contributed by atoms with Crippen LogP contribution in [0.5, 0.6) is 0 Å². The Hall–Kier alpha value is -2.68. The van der Waals surface area contributed by atoms with Crippen molar-refractivity contribution in [1.82, 2.24) is 5.32 Å². The number of halogens is 5. The molecule has 1 saturated heterocycles. The highest BCUT2D eigenvalue weighted by atomic mass is 35.5.